The molecule has 4 nitrogen and oxygen atoms in total. The second-order valence-electron chi connectivity index (χ2n) is 2.55. The minimum Gasteiger partial charge on any atom is -0.475 e. The molecule has 0 bridgehead atoms. The van der Waals surface area contributed by atoms with Gasteiger partial charge in [-0.15, -0.1) is 0 Å². The molecule has 1 aromatic heterocycles. The molecule has 5 heteroatoms. The van der Waals surface area contributed by atoms with Gasteiger partial charge >= 0.3 is 0 Å². The zero-order valence-electron chi connectivity index (χ0n) is 6.91. The fraction of sp³-hybridized carbons (Fsp3) is 0.429. The number of aromatic nitrogens is 2. The summed E-state index contributed by atoms with van der Waals surface area (Å²) in [5.41, 5.74) is 5.35. The van der Waals surface area contributed by atoms with E-state index < -0.39 is 0 Å². The standard InChI is InChI=1S/C7H10ClN3O/c1-4(2)12-6-3-5(8)10-7(9)11-6/h3-4H,1-2H3,(H2,9,10,11). The van der Waals surface area contributed by atoms with Gasteiger partial charge in [0.1, 0.15) is 5.15 Å². The molecule has 66 valence electrons. The van der Waals surface area contributed by atoms with Gasteiger partial charge in [-0.3, -0.25) is 0 Å². The molecule has 0 aliphatic rings. The van der Waals surface area contributed by atoms with Crippen molar-refractivity contribution >= 4 is 17.5 Å². The summed E-state index contributed by atoms with van der Waals surface area (Å²) < 4.78 is 5.26. The molecule has 1 heterocycles. The van der Waals surface area contributed by atoms with Crippen LogP contribution in [0.25, 0.3) is 0 Å². The van der Waals surface area contributed by atoms with Gasteiger partial charge in [0.15, 0.2) is 0 Å². The minimum atomic E-state index is 0.0513. The number of ether oxygens (including phenoxy) is 1. The predicted octanol–water partition coefficient (Wildman–Crippen LogP) is 1.50. The lowest BCUT2D eigenvalue weighted by molar-refractivity contribution is 0.232. The van der Waals surface area contributed by atoms with Gasteiger partial charge in [0, 0.05) is 6.07 Å². The van der Waals surface area contributed by atoms with E-state index in [9.17, 15) is 0 Å². The third kappa shape index (κ3) is 2.54. The molecule has 0 aliphatic heterocycles. The van der Waals surface area contributed by atoms with Crippen LogP contribution >= 0.6 is 11.6 Å². The second-order valence-corrected chi connectivity index (χ2v) is 2.94. The molecule has 0 fully saturated rings. The van der Waals surface area contributed by atoms with E-state index in [1.165, 1.54) is 6.07 Å². The van der Waals surface area contributed by atoms with E-state index in [0.29, 0.717) is 5.88 Å². The molecular weight excluding hydrogens is 178 g/mol. The van der Waals surface area contributed by atoms with Crippen LogP contribution in [0.5, 0.6) is 5.88 Å². The van der Waals surface area contributed by atoms with Crippen molar-refractivity contribution in [1.29, 1.82) is 0 Å². The molecule has 0 radical (unpaired) electrons. The second kappa shape index (κ2) is 3.58. The number of nitrogens with two attached hydrogens (primary N) is 1. The lowest BCUT2D eigenvalue weighted by Gasteiger charge is -2.08. The van der Waals surface area contributed by atoms with Crippen molar-refractivity contribution in [3.8, 4) is 5.88 Å². The fourth-order valence-corrected chi connectivity index (χ4v) is 0.896. The maximum atomic E-state index is 5.62. The zero-order valence-corrected chi connectivity index (χ0v) is 7.67. The average Bonchev–Trinajstić information content (AvgIpc) is 1.81. The summed E-state index contributed by atoms with van der Waals surface area (Å²) in [4.78, 5) is 7.53. The molecule has 1 aromatic rings. The first-order valence-electron chi connectivity index (χ1n) is 3.54. The van der Waals surface area contributed by atoms with E-state index in [1.54, 1.807) is 0 Å². The van der Waals surface area contributed by atoms with Crippen molar-refractivity contribution in [2.24, 2.45) is 0 Å². The highest BCUT2D eigenvalue weighted by atomic mass is 35.5. The molecular formula is C7H10ClN3O. The van der Waals surface area contributed by atoms with Gasteiger partial charge in [-0.25, -0.2) is 4.98 Å². The van der Waals surface area contributed by atoms with Crippen LogP contribution in [0.15, 0.2) is 6.07 Å². The number of nitrogen functional groups attached to an aromatic ring is 1. The molecule has 0 amide bonds. The molecule has 1 rings (SSSR count). The molecule has 0 aliphatic carbocycles. The van der Waals surface area contributed by atoms with Crippen LogP contribution < -0.4 is 10.5 Å². The smallest absolute Gasteiger partial charge is 0.224 e. The highest BCUT2D eigenvalue weighted by Gasteiger charge is 2.02. The van der Waals surface area contributed by atoms with E-state index >= 15 is 0 Å². The van der Waals surface area contributed by atoms with Crippen LogP contribution in [-0.4, -0.2) is 16.1 Å². The van der Waals surface area contributed by atoms with E-state index in [1.807, 2.05) is 13.8 Å². The van der Waals surface area contributed by atoms with Crippen molar-refractivity contribution in [2.45, 2.75) is 20.0 Å². The van der Waals surface area contributed by atoms with Crippen LogP contribution in [0.4, 0.5) is 5.95 Å². The monoisotopic (exact) mass is 187 g/mol. The largest absolute Gasteiger partial charge is 0.475 e. The van der Waals surface area contributed by atoms with Gasteiger partial charge in [0.2, 0.25) is 11.8 Å². The Labute approximate surface area is 75.7 Å². The van der Waals surface area contributed by atoms with Crippen molar-refractivity contribution in [2.75, 3.05) is 5.73 Å². The summed E-state index contributed by atoms with van der Waals surface area (Å²) in [6.07, 6.45) is 0.0513. The first kappa shape index (κ1) is 9.06. The quantitative estimate of drug-likeness (QED) is 0.713. The van der Waals surface area contributed by atoms with Crippen molar-refractivity contribution in [1.82, 2.24) is 9.97 Å². The molecule has 12 heavy (non-hydrogen) atoms. The van der Waals surface area contributed by atoms with Crippen molar-refractivity contribution in [3.63, 3.8) is 0 Å². The van der Waals surface area contributed by atoms with E-state index in [-0.39, 0.29) is 17.2 Å². The Morgan fingerprint density at radius 3 is 2.67 bits per heavy atom. The van der Waals surface area contributed by atoms with E-state index in [4.69, 9.17) is 22.1 Å². The van der Waals surface area contributed by atoms with Crippen LogP contribution in [0.3, 0.4) is 0 Å². The highest BCUT2D eigenvalue weighted by molar-refractivity contribution is 6.29. The molecule has 0 spiro atoms. The van der Waals surface area contributed by atoms with Crippen LogP contribution in [0, 0.1) is 0 Å². The maximum Gasteiger partial charge on any atom is 0.224 e. The molecule has 0 atom stereocenters. The Bertz CT molecular complexity index is 257. The first-order valence-corrected chi connectivity index (χ1v) is 3.92. The number of anilines is 1. The van der Waals surface area contributed by atoms with Crippen LogP contribution in [-0.2, 0) is 0 Å². The molecule has 0 unspecified atom stereocenters. The molecule has 0 saturated carbocycles. The van der Waals surface area contributed by atoms with Gasteiger partial charge in [0.25, 0.3) is 0 Å². The van der Waals surface area contributed by atoms with Gasteiger partial charge in [0.05, 0.1) is 6.10 Å². The third-order valence-corrected chi connectivity index (χ3v) is 1.24. The fourth-order valence-electron chi connectivity index (χ4n) is 0.716. The normalized spacial score (nSPS) is 10.3. The van der Waals surface area contributed by atoms with Crippen molar-refractivity contribution < 1.29 is 4.74 Å². The summed E-state index contributed by atoms with van der Waals surface area (Å²) >= 11 is 5.62. The van der Waals surface area contributed by atoms with Gasteiger partial charge < -0.3 is 10.5 Å². The Morgan fingerprint density at radius 1 is 1.50 bits per heavy atom. The maximum absolute atomic E-state index is 5.62. The molecule has 2 N–H and O–H groups in total. The number of hydrogen-bond acceptors (Lipinski definition) is 4. The lowest BCUT2D eigenvalue weighted by Crippen LogP contribution is -2.08. The summed E-state index contributed by atoms with van der Waals surface area (Å²) in [7, 11) is 0. The Kier molecular flexibility index (Phi) is 2.70. The zero-order chi connectivity index (χ0) is 9.14. The number of rotatable bonds is 2. The molecule has 0 aromatic carbocycles. The van der Waals surface area contributed by atoms with Crippen LogP contribution in [0.2, 0.25) is 5.15 Å². The minimum absolute atomic E-state index is 0.0513. The Balaban J connectivity index is 2.85. The van der Waals surface area contributed by atoms with E-state index in [0.717, 1.165) is 0 Å². The van der Waals surface area contributed by atoms with Crippen molar-refractivity contribution in [3.05, 3.63) is 11.2 Å². The summed E-state index contributed by atoms with van der Waals surface area (Å²) in [6, 6.07) is 1.53. The van der Waals surface area contributed by atoms with E-state index in [2.05, 4.69) is 9.97 Å². The Hall–Kier alpha value is -1.03. The summed E-state index contributed by atoms with van der Waals surface area (Å²) in [5, 5.41) is 0.290. The Morgan fingerprint density at radius 2 is 2.17 bits per heavy atom. The lowest BCUT2D eigenvalue weighted by atomic mass is 10.5. The molecule has 0 saturated heterocycles. The first-order chi connectivity index (χ1) is 5.58. The SMILES string of the molecule is CC(C)Oc1cc(Cl)nc(N)n1. The topological polar surface area (TPSA) is 61.0 Å². The summed E-state index contributed by atoms with van der Waals surface area (Å²) in [6.45, 7) is 3.79. The number of nitrogens with zero attached hydrogens (tertiary/aromatic N) is 2. The van der Waals surface area contributed by atoms with Gasteiger partial charge in [-0.1, -0.05) is 11.6 Å². The average molecular weight is 188 g/mol. The summed E-state index contributed by atoms with van der Waals surface area (Å²) in [5.74, 6) is 0.528. The van der Waals surface area contributed by atoms with Gasteiger partial charge in [-0.05, 0) is 13.8 Å². The highest BCUT2D eigenvalue weighted by Crippen LogP contribution is 2.15. The predicted molar refractivity (Wildman–Crippen MR) is 47.2 cm³/mol. The van der Waals surface area contributed by atoms with Crippen LogP contribution in [0.1, 0.15) is 13.8 Å². The number of halogens is 1. The van der Waals surface area contributed by atoms with Gasteiger partial charge in [-0.2, -0.15) is 4.98 Å². The number of hydrogen-bond donors (Lipinski definition) is 1. The third-order valence-electron chi connectivity index (χ3n) is 1.05.